The van der Waals surface area contributed by atoms with Crippen LogP contribution in [0.5, 0.6) is 5.75 Å². The number of hydrogen-bond donors (Lipinski definition) is 2. The van der Waals surface area contributed by atoms with Crippen molar-refractivity contribution in [3.8, 4) is 5.75 Å². The molecular weight excluding hydrogens is 376 g/mol. The number of anilines is 1. The van der Waals surface area contributed by atoms with Gasteiger partial charge in [-0.05, 0) is 49.2 Å². The van der Waals surface area contributed by atoms with Crippen LogP contribution in [0, 0.1) is 13.8 Å². The Balaban J connectivity index is 1.95. The van der Waals surface area contributed by atoms with E-state index in [9.17, 15) is 13.2 Å². The second kappa shape index (κ2) is 8.42. The van der Waals surface area contributed by atoms with E-state index in [0.29, 0.717) is 6.61 Å². The van der Waals surface area contributed by atoms with Gasteiger partial charge in [-0.25, -0.2) is 8.42 Å². The Morgan fingerprint density at radius 1 is 1.15 bits per heavy atom. The second-order valence-electron chi connectivity index (χ2n) is 5.94. The average Bonchev–Trinajstić information content (AvgIpc) is 2.55. The monoisotopic (exact) mass is 396 g/mol. The van der Waals surface area contributed by atoms with Crippen molar-refractivity contribution in [3.63, 3.8) is 0 Å². The molecular formula is C18H21ClN2O4S. The molecule has 0 aliphatic carbocycles. The number of ether oxygens (including phenoxy) is 1. The summed E-state index contributed by atoms with van der Waals surface area (Å²) in [5, 5.41) is 2.94. The summed E-state index contributed by atoms with van der Waals surface area (Å²) in [5.74, 6) is 0.369. The van der Waals surface area contributed by atoms with E-state index in [2.05, 4.69) is 10.0 Å². The summed E-state index contributed by atoms with van der Waals surface area (Å²) >= 11 is 6.04. The molecule has 2 N–H and O–H groups in total. The number of nitrogens with one attached hydrogen (secondary N) is 2. The molecule has 1 amide bonds. The first kappa shape index (κ1) is 20.1. The van der Waals surface area contributed by atoms with Crippen molar-refractivity contribution in [1.29, 1.82) is 0 Å². The van der Waals surface area contributed by atoms with Crippen LogP contribution in [0.25, 0.3) is 0 Å². The van der Waals surface area contributed by atoms with Gasteiger partial charge in [0.2, 0.25) is 10.0 Å². The van der Waals surface area contributed by atoms with Crippen molar-refractivity contribution in [2.45, 2.75) is 13.8 Å². The summed E-state index contributed by atoms with van der Waals surface area (Å²) in [6.45, 7) is 4.52. The minimum Gasteiger partial charge on any atom is -0.491 e. The normalized spacial score (nSPS) is 11.1. The Hall–Kier alpha value is -2.25. The Kier molecular flexibility index (Phi) is 6.50. The summed E-state index contributed by atoms with van der Waals surface area (Å²) in [7, 11) is -3.44. The zero-order chi connectivity index (χ0) is 19.3. The minimum absolute atomic E-state index is 0.187. The molecule has 26 heavy (non-hydrogen) atoms. The maximum atomic E-state index is 12.3. The number of halogens is 1. The summed E-state index contributed by atoms with van der Waals surface area (Å²) < 4.78 is 30.6. The van der Waals surface area contributed by atoms with Gasteiger partial charge in [-0.3, -0.25) is 9.52 Å². The van der Waals surface area contributed by atoms with Crippen LogP contribution in [-0.2, 0) is 10.0 Å². The number of amides is 1. The number of carbonyl (C=O) groups is 1. The lowest BCUT2D eigenvalue weighted by Crippen LogP contribution is -2.28. The molecule has 0 unspecified atom stereocenters. The van der Waals surface area contributed by atoms with Crippen molar-refractivity contribution in [3.05, 3.63) is 58.1 Å². The standard InChI is InChI=1S/C18H21ClN2O4S/c1-12-4-5-13(2)17(10-12)25-9-8-20-18(22)15-11-14(6-7-16(15)19)21-26(3,23)24/h4-7,10-11,21H,8-9H2,1-3H3,(H,20,22). The topological polar surface area (TPSA) is 84.5 Å². The van der Waals surface area contributed by atoms with Crippen molar-refractivity contribution < 1.29 is 17.9 Å². The van der Waals surface area contributed by atoms with Crippen LogP contribution in [0.1, 0.15) is 21.5 Å². The maximum absolute atomic E-state index is 12.3. The molecule has 0 bridgehead atoms. The minimum atomic E-state index is -3.44. The SMILES string of the molecule is Cc1ccc(C)c(OCCNC(=O)c2cc(NS(C)(=O)=O)ccc2Cl)c1. The first-order chi connectivity index (χ1) is 12.2. The number of sulfonamides is 1. The first-order valence-corrected chi connectivity index (χ1v) is 10.2. The van der Waals surface area contributed by atoms with Gasteiger partial charge in [0.1, 0.15) is 12.4 Å². The highest BCUT2D eigenvalue weighted by Gasteiger charge is 2.12. The van der Waals surface area contributed by atoms with Crippen molar-refractivity contribution in [1.82, 2.24) is 5.32 Å². The highest BCUT2D eigenvalue weighted by molar-refractivity contribution is 7.92. The Morgan fingerprint density at radius 3 is 2.58 bits per heavy atom. The van der Waals surface area contributed by atoms with Crippen LogP contribution in [-0.4, -0.2) is 33.7 Å². The molecule has 2 rings (SSSR count). The molecule has 6 nitrogen and oxygen atoms in total. The summed E-state index contributed by atoms with van der Waals surface area (Å²) in [6, 6.07) is 10.3. The molecule has 0 aliphatic heterocycles. The third kappa shape index (κ3) is 5.93. The second-order valence-corrected chi connectivity index (χ2v) is 8.10. The Morgan fingerprint density at radius 2 is 1.88 bits per heavy atom. The van der Waals surface area contributed by atoms with Crippen LogP contribution in [0.2, 0.25) is 5.02 Å². The van der Waals surface area contributed by atoms with Gasteiger partial charge < -0.3 is 10.1 Å². The first-order valence-electron chi connectivity index (χ1n) is 7.91. The fourth-order valence-corrected chi connectivity index (χ4v) is 3.02. The van der Waals surface area contributed by atoms with Gasteiger partial charge in [0.15, 0.2) is 0 Å². The zero-order valence-corrected chi connectivity index (χ0v) is 16.4. The highest BCUT2D eigenvalue weighted by atomic mass is 35.5. The van der Waals surface area contributed by atoms with Crippen molar-refractivity contribution in [2.75, 3.05) is 24.1 Å². The van der Waals surface area contributed by atoms with Crippen LogP contribution >= 0.6 is 11.6 Å². The van der Waals surface area contributed by atoms with Crippen molar-refractivity contribution >= 4 is 33.2 Å². The third-order valence-corrected chi connectivity index (χ3v) is 4.44. The average molecular weight is 397 g/mol. The van der Waals surface area contributed by atoms with Crippen LogP contribution in [0.4, 0.5) is 5.69 Å². The molecule has 0 aliphatic rings. The lowest BCUT2D eigenvalue weighted by molar-refractivity contribution is 0.0947. The molecule has 0 spiro atoms. The van der Waals surface area contributed by atoms with Gasteiger partial charge in [0.25, 0.3) is 5.91 Å². The van der Waals surface area contributed by atoms with E-state index >= 15 is 0 Å². The largest absolute Gasteiger partial charge is 0.491 e. The number of rotatable bonds is 7. The van der Waals surface area contributed by atoms with E-state index in [1.165, 1.54) is 18.2 Å². The molecule has 0 aromatic heterocycles. The predicted octanol–water partition coefficient (Wildman–Crippen LogP) is 3.14. The molecule has 2 aromatic rings. The van der Waals surface area contributed by atoms with Gasteiger partial charge in [0.05, 0.1) is 23.4 Å². The number of benzene rings is 2. The Labute approximate surface area is 158 Å². The van der Waals surface area contributed by atoms with E-state index in [1.807, 2.05) is 32.0 Å². The van der Waals surface area contributed by atoms with Gasteiger partial charge in [-0.1, -0.05) is 23.7 Å². The molecule has 0 saturated carbocycles. The van der Waals surface area contributed by atoms with E-state index in [4.69, 9.17) is 16.3 Å². The third-order valence-electron chi connectivity index (χ3n) is 3.50. The van der Waals surface area contributed by atoms with Gasteiger partial charge in [-0.15, -0.1) is 0 Å². The van der Waals surface area contributed by atoms with E-state index in [1.54, 1.807) is 0 Å². The fourth-order valence-electron chi connectivity index (χ4n) is 2.26. The highest BCUT2D eigenvalue weighted by Crippen LogP contribution is 2.21. The molecule has 0 radical (unpaired) electrons. The lowest BCUT2D eigenvalue weighted by atomic mass is 10.1. The molecule has 0 atom stereocenters. The lowest BCUT2D eigenvalue weighted by Gasteiger charge is -2.12. The summed E-state index contributed by atoms with van der Waals surface area (Å²) in [6.07, 6.45) is 1.03. The maximum Gasteiger partial charge on any atom is 0.252 e. The molecule has 140 valence electrons. The number of carbonyl (C=O) groups excluding carboxylic acids is 1. The molecule has 8 heteroatoms. The predicted molar refractivity (Wildman–Crippen MR) is 104 cm³/mol. The summed E-state index contributed by atoms with van der Waals surface area (Å²) in [5.41, 5.74) is 2.57. The van der Waals surface area contributed by atoms with Gasteiger partial charge in [0, 0.05) is 5.69 Å². The quantitative estimate of drug-likeness (QED) is 0.704. The molecule has 0 saturated heterocycles. The number of hydrogen-bond acceptors (Lipinski definition) is 4. The molecule has 0 heterocycles. The van der Waals surface area contributed by atoms with Crippen LogP contribution in [0.3, 0.4) is 0 Å². The Bertz CT molecular complexity index is 913. The number of aryl methyl sites for hydroxylation is 2. The van der Waals surface area contributed by atoms with E-state index in [-0.39, 0.29) is 22.8 Å². The van der Waals surface area contributed by atoms with E-state index in [0.717, 1.165) is 23.1 Å². The molecule has 2 aromatic carbocycles. The summed E-state index contributed by atoms with van der Waals surface area (Å²) in [4.78, 5) is 12.3. The van der Waals surface area contributed by atoms with Crippen LogP contribution < -0.4 is 14.8 Å². The van der Waals surface area contributed by atoms with Gasteiger partial charge >= 0.3 is 0 Å². The molecule has 0 fully saturated rings. The van der Waals surface area contributed by atoms with Crippen LogP contribution in [0.15, 0.2) is 36.4 Å². The fraction of sp³-hybridized carbons (Fsp3) is 0.278. The smallest absolute Gasteiger partial charge is 0.252 e. The van der Waals surface area contributed by atoms with Crippen molar-refractivity contribution in [2.24, 2.45) is 0 Å². The van der Waals surface area contributed by atoms with E-state index < -0.39 is 15.9 Å². The van der Waals surface area contributed by atoms with Gasteiger partial charge in [-0.2, -0.15) is 0 Å². The zero-order valence-electron chi connectivity index (χ0n) is 14.8.